The average molecular weight is 451 g/mol. The Balaban J connectivity index is 1.18. The lowest BCUT2D eigenvalue weighted by Crippen LogP contribution is -2.55. The smallest absolute Gasteiger partial charge is 0.317 e. The van der Waals surface area contributed by atoms with Crippen LogP contribution in [-0.2, 0) is 4.79 Å². The first-order valence-electron chi connectivity index (χ1n) is 14.4. The van der Waals surface area contributed by atoms with Gasteiger partial charge in [-0.25, -0.2) is 0 Å². The van der Waals surface area contributed by atoms with E-state index >= 15 is 0 Å². The number of hydrogen-bond donors (Lipinski definition) is 0. The molecule has 4 bridgehead atoms. The zero-order valence-corrected chi connectivity index (χ0v) is 21.2. The number of unbranched alkanes of at least 4 members (excludes halogenated alkanes) is 2. The number of rotatable bonds is 9. The van der Waals surface area contributed by atoms with E-state index in [1.54, 1.807) is 0 Å². The molecule has 1 aromatic carbocycles. The van der Waals surface area contributed by atoms with Crippen molar-refractivity contribution in [2.45, 2.75) is 122 Å². The highest BCUT2D eigenvalue weighted by Gasteiger charge is 2.60. The van der Waals surface area contributed by atoms with Crippen LogP contribution in [0.15, 0.2) is 24.3 Å². The molecule has 0 aromatic heterocycles. The minimum absolute atomic E-state index is 0.0809. The molecule has 5 aliphatic rings. The van der Waals surface area contributed by atoms with E-state index in [2.05, 4.69) is 38.1 Å². The highest BCUT2D eigenvalue weighted by Crippen LogP contribution is 2.66. The molecule has 0 radical (unpaired) electrons. The molecule has 0 N–H and O–H groups in total. The zero-order chi connectivity index (χ0) is 22.9. The Morgan fingerprint density at radius 1 is 0.909 bits per heavy atom. The van der Waals surface area contributed by atoms with Crippen LogP contribution in [0, 0.1) is 28.6 Å². The molecule has 2 nitrogen and oxygen atoms in total. The number of hydrogen-bond acceptors (Lipinski definition) is 2. The van der Waals surface area contributed by atoms with Crippen molar-refractivity contribution in [2.24, 2.45) is 28.6 Å². The fraction of sp³-hybridized carbons (Fsp3) is 0.774. The standard InChI is InChI=1S/C31H46O2/c1-3-5-6-7-23-8-10-26(11-9-23)27-12-14-28(15-13-27)33-29(32)31-20-24-17-25(21-31)19-30(18-24,22-31)16-4-2/h12-15,23-26H,3-11,16-22H2,1-2H3. The van der Waals surface area contributed by atoms with Crippen molar-refractivity contribution in [1.82, 2.24) is 0 Å². The lowest BCUT2D eigenvalue weighted by Gasteiger charge is -2.61. The van der Waals surface area contributed by atoms with E-state index in [0.29, 0.717) is 11.3 Å². The van der Waals surface area contributed by atoms with Crippen LogP contribution in [-0.4, -0.2) is 5.97 Å². The number of carbonyl (C=O) groups excluding carboxylic acids is 1. The largest absolute Gasteiger partial charge is 0.426 e. The third kappa shape index (κ3) is 4.92. The number of ether oxygens (including phenoxy) is 1. The summed E-state index contributed by atoms with van der Waals surface area (Å²) in [5.41, 5.74) is 1.67. The topological polar surface area (TPSA) is 26.3 Å². The van der Waals surface area contributed by atoms with Gasteiger partial charge in [0.1, 0.15) is 5.75 Å². The van der Waals surface area contributed by atoms with Gasteiger partial charge in [0.05, 0.1) is 5.41 Å². The minimum Gasteiger partial charge on any atom is -0.426 e. The fourth-order valence-corrected chi connectivity index (χ4v) is 9.00. The van der Waals surface area contributed by atoms with Crippen LogP contribution in [0.1, 0.15) is 128 Å². The van der Waals surface area contributed by atoms with E-state index < -0.39 is 0 Å². The highest BCUT2D eigenvalue weighted by atomic mass is 16.5. The molecule has 2 unspecified atom stereocenters. The molecule has 0 heterocycles. The molecule has 0 spiro atoms. The first kappa shape index (κ1) is 23.4. The monoisotopic (exact) mass is 450 g/mol. The summed E-state index contributed by atoms with van der Waals surface area (Å²) in [6.07, 6.45) is 20.8. The van der Waals surface area contributed by atoms with Gasteiger partial charge in [-0.15, -0.1) is 0 Å². The molecule has 182 valence electrons. The third-order valence-electron chi connectivity index (χ3n) is 10.0. The Morgan fingerprint density at radius 2 is 1.61 bits per heavy atom. The Kier molecular flexibility index (Phi) is 6.92. The van der Waals surface area contributed by atoms with E-state index in [9.17, 15) is 4.79 Å². The summed E-state index contributed by atoms with van der Waals surface area (Å²) in [5.74, 6) is 3.99. The van der Waals surface area contributed by atoms with Crippen LogP contribution in [0.4, 0.5) is 0 Å². The van der Waals surface area contributed by atoms with E-state index in [0.717, 1.165) is 42.8 Å². The highest BCUT2D eigenvalue weighted by molar-refractivity contribution is 5.80. The predicted molar refractivity (Wildman–Crippen MR) is 135 cm³/mol. The fourth-order valence-electron chi connectivity index (χ4n) is 9.00. The normalized spacial score (nSPS) is 37.3. The molecule has 0 aliphatic heterocycles. The van der Waals surface area contributed by atoms with Gasteiger partial charge in [0.2, 0.25) is 0 Å². The summed E-state index contributed by atoms with van der Waals surface area (Å²) in [4.78, 5) is 13.5. The first-order chi connectivity index (χ1) is 16.0. The molecule has 5 aliphatic carbocycles. The second kappa shape index (κ2) is 9.74. The van der Waals surface area contributed by atoms with Gasteiger partial charge < -0.3 is 4.74 Å². The van der Waals surface area contributed by atoms with Crippen molar-refractivity contribution in [3.63, 3.8) is 0 Å². The van der Waals surface area contributed by atoms with Crippen molar-refractivity contribution in [2.75, 3.05) is 0 Å². The number of carbonyl (C=O) groups is 1. The molecule has 33 heavy (non-hydrogen) atoms. The Labute approximate surface area is 202 Å². The summed E-state index contributed by atoms with van der Waals surface area (Å²) in [6, 6.07) is 8.62. The third-order valence-corrected chi connectivity index (χ3v) is 10.0. The van der Waals surface area contributed by atoms with E-state index in [1.807, 2.05) is 0 Å². The summed E-state index contributed by atoms with van der Waals surface area (Å²) in [5, 5.41) is 0. The van der Waals surface area contributed by atoms with Crippen LogP contribution < -0.4 is 4.74 Å². The Morgan fingerprint density at radius 3 is 2.24 bits per heavy atom. The molecule has 2 atom stereocenters. The SMILES string of the molecule is CCCCCC1CCC(c2ccc(OC(=O)C34CC5CC(CC(CCC)(C5)C3)C4)cc2)CC1. The van der Waals surface area contributed by atoms with Gasteiger partial charge in [0.25, 0.3) is 0 Å². The van der Waals surface area contributed by atoms with Gasteiger partial charge in [-0.2, -0.15) is 0 Å². The van der Waals surface area contributed by atoms with Crippen molar-refractivity contribution in [1.29, 1.82) is 0 Å². The lowest BCUT2D eigenvalue weighted by atomic mass is 9.43. The summed E-state index contributed by atoms with van der Waals surface area (Å²) >= 11 is 0. The summed E-state index contributed by atoms with van der Waals surface area (Å²) < 4.78 is 6.10. The van der Waals surface area contributed by atoms with Crippen LogP contribution >= 0.6 is 0 Å². The second-order valence-corrected chi connectivity index (χ2v) is 12.7. The summed E-state index contributed by atoms with van der Waals surface area (Å²) in [7, 11) is 0. The number of esters is 1. The maximum absolute atomic E-state index is 13.5. The molecule has 0 amide bonds. The average Bonchev–Trinajstić information content (AvgIpc) is 2.79. The Hall–Kier alpha value is -1.31. The van der Waals surface area contributed by atoms with Gasteiger partial charge in [-0.3, -0.25) is 4.79 Å². The Bertz CT molecular complexity index is 787. The molecule has 2 heteroatoms. The van der Waals surface area contributed by atoms with Crippen molar-refractivity contribution >= 4 is 5.97 Å². The van der Waals surface area contributed by atoms with E-state index in [-0.39, 0.29) is 11.4 Å². The molecule has 6 rings (SSSR count). The number of benzene rings is 1. The van der Waals surface area contributed by atoms with Crippen molar-refractivity contribution in [3.05, 3.63) is 29.8 Å². The molecule has 5 saturated carbocycles. The quantitative estimate of drug-likeness (QED) is 0.213. The van der Waals surface area contributed by atoms with Gasteiger partial charge >= 0.3 is 5.97 Å². The molecular weight excluding hydrogens is 404 g/mol. The van der Waals surface area contributed by atoms with Crippen LogP contribution in [0.2, 0.25) is 0 Å². The maximum Gasteiger partial charge on any atom is 0.317 e. The van der Waals surface area contributed by atoms with Crippen LogP contribution in [0.25, 0.3) is 0 Å². The van der Waals surface area contributed by atoms with Gasteiger partial charge in [0, 0.05) is 0 Å². The lowest BCUT2D eigenvalue weighted by molar-refractivity contribution is -0.172. The van der Waals surface area contributed by atoms with Gasteiger partial charge in [-0.1, -0.05) is 58.1 Å². The van der Waals surface area contributed by atoms with Gasteiger partial charge in [0.15, 0.2) is 0 Å². The van der Waals surface area contributed by atoms with E-state index in [1.165, 1.54) is 89.0 Å². The first-order valence-corrected chi connectivity index (χ1v) is 14.4. The predicted octanol–water partition coefficient (Wildman–Crippen LogP) is 8.83. The van der Waals surface area contributed by atoms with Crippen molar-refractivity contribution < 1.29 is 9.53 Å². The summed E-state index contributed by atoms with van der Waals surface area (Å²) in [6.45, 7) is 4.61. The molecule has 0 saturated heterocycles. The molecule has 1 aromatic rings. The minimum atomic E-state index is -0.200. The van der Waals surface area contributed by atoms with Crippen molar-refractivity contribution in [3.8, 4) is 5.75 Å². The molecular formula is C31H46O2. The van der Waals surface area contributed by atoms with Crippen LogP contribution in [0.3, 0.4) is 0 Å². The van der Waals surface area contributed by atoms with Gasteiger partial charge in [-0.05, 0) is 117 Å². The maximum atomic E-state index is 13.5. The van der Waals surface area contributed by atoms with E-state index in [4.69, 9.17) is 4.74 Å². The molecule has 5 fully saturated rings. The second-order valence-electron chi connectivity index (χ2n) is 12.7. The van der Waals surface area contributed by atoms with Crippen LogP contribution in [0.5, 0.6) is 5.75 Å². The zero-order valence-electron chi connectivity index (χ0n) is 21.2.